The Hall–Kier alpha value is -2.12. The van der Waals surface area contributed by atoms with Crippen molar-refractivity contribution < 1.29 is 18.0 Å². The number of fused-ring (bicyclic) bond motifs is 1. The molecule has 0 fully saturated rings. The lowest BCUT2D eigenvalue weighted by molar-refractivity contribution is -0.141. The summed E-state index contributed by atoms with van der Waals surface area (Å²) in [5, 5.41) is 6.92. The van der Waals surface area contributed by atoms with E-state index in [0.717, 1.165) is 4.68 Å². The summed E-state index contributed by atoms with van der Waals surface area (Å²) < 4.78 is 38.0. The standard InChI is InChI=1S/C12H13F3N4O/c1-7(18-8(2)20)10-3-9-4-17-19(6-12(13,14)15)11(9)5-16-10/h3-5,7H,6H2,1-2H3,(H,18,20). The van der Waals surface area contributed by atoms with E-state index in [1.807, 2.05) is 0 Å². The fourth-order valence-corrected chi connectivity index (χ4v) is 1.91. The first-order valence-corrected chi connectivity index (χ1v) is 5.91. The minimum atomic E-state index is -4.33. The van der Waals surface area contributed by atoms with Gasteiger partial charge >= 0.3 is 6.18 Å². The van der Waals surface area contributed by atoms with E-state index in [0.29, 0.717) is 16.6 Å². The molecule has 1 N–H and O–H groups in total. The summed E-state index contributed by atoms with van der Waals surface area (Å²) in [5.41, 5.74) is 0.875. The van der Waals surface area contributed by atoms with Crippen molar-refractivity contribution in [2.75, 3.05) is 0 Å². The lowest BCUT2D eigenvalue weighted by atomic mass is 10.2. The van der Waals surface area contributed by atoms with Crippen LogP contribution in [0.5, 0.6) is 0 Å². The number of hydrogen-bond donors (Lipinski definition) is 1. The average molecular weight is 286 g/mol. The van der Waals surface area contributed by atoms with Gasteiger partial charge in [0.05, 0.1) is 29.6 Å². The van der Waals surface area contributed by atoms with Crippen LogP contribution in [-0.2, 0) is 11.3 Å². The van der Waals surface area contributed by atoms with Crippen LogP contribution in [0.3, 0.4) is 0 Å². The van der Waals surface area contributed by atoms with Crippen molar-refractivity contribution in [2.24, 2.45) is 0 Å². The number of pyridine rings is 1. The van der Waals surface area contributed by atoms with E-state index in [-0.39, 0.29) is 11.9 Å². The molecule has 2 aromatic heterocycles. The van der Waals surface area contributed by atoms with E-state index in [1.165, 1.54) is 19.3 Å². The highest BCUT2D eigenvalue weighted by atomic mass is 19.4. The van der Waals surface area contributed by atoms with Crippen molar-refractivity contribution in [3.05, 3.63) is 24.2 Å². The number of alkyl halides is 3. The molecule has 0 aliphatic carbocycles. The second kappa shape index (κ2) is 5.10. The SMILES string of the molecule is CC(=O)NC(C)c1cc2cnn(CC(F)(F)F)c2cn1. The molecule has 0 radical (unpaired) electrons. The molecule has 2 rings (SSSR count). The van der Waals surface area contributed by atoms with Gasteiger partial charge in [0, 0.05) is 12.3 Å². The first kappa shape index (κ1) is 14.3. The van der Waals surface area contributed by atoms with Gasteiger partial charge in [0.1, 0.15) is 6.54 Å². The lowest BCUT2D eigenvalue weighted by Crippen LogP contribution is -2.24. The average Bonchev–Trinajstić information content (AvgIpc) is 2.68. The van der Waals surface area contributed by atoms with E-state index in [2.05, 4.69) is 15.4 Å². The zero-order chi connectivity index (χ0) is 14.9. The van der Waals surface area contributed by atoms with Crippen LogP contribution in [0.2, 0.25) is 0 Å². The maximum atomic E-state index is 12.4. The summed E-state index contributed by atoms with van der Waals surface area (Å²) >= 11 is 0. The predicted molar refractivity (Wildman–Crippen MR) is 65.8 cm³/mol. The molecule has 0 saturated heterocycles. The number of nitrogens with one attached hydrogen (secondary N) is 1. The molecule has 0 aliphatic heterocycles. The monoisotopic (exact) mass is 286 g/mol. The van der Waals surface area contributed by atoms with Crippen LogP contribution in [0.4, 0.5) is 13.2 Å². The molecule has 2 aromatic rings. The van der Waals surface area contributed by atoms with Crippen molar-refractivity contribution in [3.63, 3.8) is 0 Å². The maximum absolute atomic E-state index is 12.4. The van der Waals surface area contributed by atoms with Crippen molar-refractivity contribution >= 4 is 16.8 Å². The number of carbonyl (C=O) groups excluding carboxylic acids is 1. The van der Waals surface area contributed by atoms with Gasteiger partial charge in [-0.05, 0) is 13.0 Å². The number of aromatic nitrogens is 3. The molecule has 8 heteroatoms. The van der Waals surface area contributed by atoms with Gasteiger partial charge in [0.25, 0.3) is 0 Å². The number of nitrogens with zero attached hydrogens (tertiary/aromatic N) is 3. The van der Waals surface area contributed by atoms with E-state index in [1.54, 1.807) is 13.0 Å². The summed E-state index contributed by atoms with van der Waals surface area (Å²) in [6.07, 6.45) is -1.64. The largest absolute Gasteiger partial charge is 0.408 e. The van der Waals surface area contributed by atoms with E-state index in [4.69, 9.17) is 0 Å². The summed E-state index contributed by atoms with van der Waals surface area (Å²) in [5.74, 6) is -0.202. The van der Waals surface area contributed by atoms with Crippen LogP contribution >= 0.6 is 0 Å². The number of hydrogen-bond acceptors (Lipinski definition) is 3. The Morgan fingerprint density at radius 2 is 2.15 bits per heavy atom. The zero-order valence-corrected chi connectivity index (χ0v) is 10.9. The topological polar surface area (TPSA) is 59.8 Å². The van der Waals surface area contributed by atoms with Gasteiger partial charge in [0.15, 0.2) is 0 Å². The molecule has 0 saturated carbocycles. The highest BCUT2D eigenvalue weighted by Gasteiger charge is 2.29. The molecular weight excluding hydrogens is 273 g/mol. The molecule has 0 spiro atoms. The smallest absolute Gasteiger partial charge is 0.348 e. The molecule has 1 amide bonds. The van der Waals surface area contributed by atoms with Gasteiger partial charge in [0.2, 0.25) is 5.91 Å². The minimum Gasteiger partial charge on any atom is -0.348 e. The third-order valence-corrected chi connectivity index (χ3v) is 2.74. The van der Waals surface area contributed by atoms with Gasteiger partial charge in [-0.3, -0.25) is 14.5 Å². The van der Waals surface area contributed by atoms with Crippen LogP contribution in [0, 0.1) is 0 Å². The Kier molecular flexibility index (Phi) is 3.65. The predicted octanol–water partition coefficient (Wildman–Crippen LogP) is 2.19. The third-order valence-electron chi connectivity index (χ3n) is 2.74. The molecule has 5 nitrogen and oxygen atoms in total. The quantitative estimate of drug-likeness (QED) is 0.941. The Morgan fingerprint density at radius 3 is 2.75 bits per heavy atom. The van der Waals surface area contributed by atoms with Crippen molar-refractivity contribution in [1.29, 1.82) is 0 Å². The maximum Gasteiger partial charge on any atom is 0.408 e. The second-order valence-corrected chi connectivity index (χ2v) is 4.51. The number of amides is 1. The normalized spacial score (nSPS) is 13.4. The van der Waals surface area contributed by atoms with Gasteiger partial charge in [-0.1, -0.05) is 0 Å². The fourth-order valence-electron chi connectivity index (χ4n) is 1.91. The molecule has 0 bridgehead atoms. The number of halogens is 3. The summed E-state index contributed by atoms with van der Waals surface area (Å²) in [4.78, 5) is 15.1. The molecule has 1 atom stereocenters. The first-order valence-electron chi connectivity index (χ1n) is 5.91. The van der Waals surface area contributed by atoms with Crippen LogP contribution in [0.25, 0.3) is 10.9 Å². The Bertz CT molecular complexity index is 635. The van der Waals surface area contributed by atoms with Crippen LogP contribution in [-0.4, -0.2) is 26.8 Å². The minimum absolute atomic E-state index is 0.202. The van der Waals surface area contributed by atoms with E-state index >= 15 is 0 Å². The number of rotatable bonds is 3. The molecule has 108 valence electrons. The molecular formula is C12H13F3N4O. The zero-order valence-electron chi connectivity index (χ0n) is 10.9. The van der Waals surface area contributed by atoms with Gasteiger partial charge in [-0.15, -0.1) is 0 Å². The number of carbonyl (C=O) groups is 1. The lowest BCUT2D eigenvalue weighted by Gasteiger charge is -2.12. The Labute approximate surface area is 112 Å². The van der Waals surface area contributed by atoms with Crippen molar-refractivity contribution in [2.45, 2.75) is 32.6 Å². The third kappa shape index (κ3) is 3.25. The molecule has 2 heterocycles. The highest BCUT2D eigenvalue weighted by molar-refractivity contribution is 5.78. The second-order valence-electron chi connectivity index (χ2n) is 4.51. The summed E-state index contributed by atoms with van der Waals surface area (Å²) in [7, 11) is 0. The Balaban J connectivity index is 2.30. The van der Waals surface area contributed by atoms with Gasteiger partial charge in [-0.2, -0.15) is 18.3 Å². The highest BCUT2D eigenvalue weighted by Crippen LogP contribution is 2.22. The first-order chi connectivity index (χ1) is 9.26. The van der Waals surface area contributed by atoms with E-state index in [9.17, 15) is 18.0 Å². The molecule has 1 unspecified atom stereocenters. The van der Waals surface area contributed by atoms with E-state index < -0.39 is 12.7 Å². The van der Waals surface area contributed by atoms with Crippen molar-refractivity contribution in [1.82, 2.24) is 20.1 Å². The molecule has 20 heavy (non-hydrogen) atoms. The fraction of sp³-hybridized carbons (Fsp3) is 0.417. The summed E-state index contributed by atoms with van der Waals surface area (Å²) in [6, 6.07) is 1.30. The molecule has 0 aliphatic rings. The van der Waals surface area contributed by atoms with Gasteiger partial charge < -0.3 is 5.32 Å². The van der Waals surface area contributed by atoms with Gasteiger partial charge in [-0.25, -0.2) is 0 Å². The van der Waals surface area contributed by atoms with Crippen LogP contribution in [0.15, 0.2) is 18.5 Å². The van der Waals surface area contributed by atoms with Crippen molar-refractivity contribution in [3.8, 4) is 0 Å². The molecule has 0 aromatic carbocycles. The Morgan fingerprint density at radius 1 is 1.45 bits per heavy atom. The van der Waals surface area contributed by atoms with Crippen LogP contribution < -0.4 is 5.32 Å². The van der Waals surface area contributed by atoms with Crippen LogP contribution in [0.1, 0.15) is 25.6 Å². The summed E-state index contributed by atoms with van der Waals surface area (Å²) in [6.45, 7) is 1.98.